The van der Waals surface area contributed by atoms with E-state index < -0.39 is 28.5 Å². The molecule has 3 rings (SSSR count). The Morgan fingerprint density at radius 2 is 1.73 bits per heavy atom. The number of hydrogen-bond donors (Lipinski definition) is 4. The first kappa shape index (κ1) is 20.9. The number of rotatable bonds is 4. The van der Waals surface area contributed by atoms with Gasteiger partial charge in [0.2, 0.25) is 0 Å². The molecule has 0 unspecified atom stereocenters. The Labute approximate surface area is 168 Å². The van der Waals surface area contributed by atoms with Gasteiger partial charge in [0.15, 0.2) is 0 Å². The van der Waals surface area contributed by atoms with Crippen molar-refractivity contribution in [3.8, 4) is 0 Å². The minimum Gasteiger partial charge on any atom is -0.367 e. The van der Waals surface area contributed by atoms with Gasteiger partial charge in [-0.05, 0) is 18.2 Å². The lowest BCUT2D eigenvalue weighted by molar-refractivity contribution is -0.729. The van der Waals surface area contributed by atoms with Gasteiger partial charge < -0.3 is 15.1 Å². The van der Waals surface area contributed by atoms with Gasteiger partial charge in [-0.25, -0.2) is 24.3 Å². The zero-order valence-electron chi connectivity index (χ0n) is 15.5. The summed E-state index contributed by atoms with van der Waals surface area (Å²) in [4.78, 5) is 38.2. The van der Waals surface area contributed by atoms with Gasteiger partial charge in [-0.15, -0.1) is 0 Å². The quantitative estimate of drug-likeness (QED) is 0.442. The molecule has 1 fully saturated rings. The number of halogens is 2. The van der Waals surface area contributed by atoms with Crippen LogP contribution < -0.4 is 15.7 Å². The fourth-order valence-corrected chi connectivity index (χ4v) is 3.10. The van der Waals surface area contributed by atoms with Crippen molar-refractivity contribution in [3.63, 3.8) is 0 Å². The van der Waals surface area contributed by atoms with Crippen molar-refractivity contribution < 1.29 is 33.7 Å². The lowest BCUT2D eigenvalue weighted by Crippen LogP contribution is -2.50. The van der Waals surface area contributed by atoms with E-state index in [-0.39, 0.29) is 30.0 Å². The normalized spacial score (nSPS) is 13.7. The number of carbonyl (C=O) groups excluding carboxylic acids is 2. The van der Waals surface area contributed by atoms with Crippen LogP contribution in [0.1, 0.15) is 10.4 Å². The molecule has 1 heterocycles. The topological polar surface area (TPSA) is 125 Å². The van der Waals surface area contributed by atoms with E-state index in [2.05, 4.69) is 5.32 Å². The third-order valence-corrected chi connectivity index (χ3v) is 4.63. The maximum atomic E-state index is 13.7. The van der Waals surface area contributed by atoms with Gasteiger partial charge in [0.1, 0.15) is 11.6 Å². The van der Waals surface area contributed by atoms with Crippen LogP contribution in [0.3, 0.4) is 0 Å². The number of hydroxylamine groups is 1. The summed E-state index contributed by atoms with van der Waals surface area (Å²) in [7, 11) is 0. The molecular formula is C18H18F2N5O5+. The summed E-state index contributed by atoms with van der Waals surface area (Å²) >= 11 is 0. The molecule has 0 aromatic heterocycles. The summed E-state index contributed by atoms with van der Waals surface area (Å²) < 4.78 is 26.7. The molecule has 4 N–H and O–H groups in total. The summed E-state index contributed by atoms with van der Waals surface area (Å²) in [6, 6.07) is 6.11. The molecule has 0 saturated carbocycles. The van der Waals surface area contributed by atoms with Crippen LogP contribution in [0.15, 0.2) is 36.4 Å². The highest BCUT2D eigenvalue weighted by atomic mass is 19.1. The third-order valence-electron chi connectivity index (χ3n) is 4.63. The average Bonchev–Trinajstić information content (AvgIpc) is 2.74. The second-order valence-electron chi connectivity index (χ2n) is 6.44. The minimum atomic E-state index is -0.891. The van der Waals surface area contributed by atoms with Crippen molar-refractivity contribution in [2.75, 3.05) is 36.4 Å². The highest BCUT2D eigenvalue weighted by Crippen LogP contribution is 2.26. The maximum Gasteiger partial charge on any atom is 0.322 e. The number of urea groups is 1. The van der Waals surface area contributed by atoms with Crippen LogP contribution in [0.5, 0.6) is 0 Å². The van der Waals surface area contributed by atoms with Gasteiger partial charge in [-0.1, -0.05) is 0 Å². The highest BCUT2D eigenvalue weighted by Gasteiger charge is 2.27. The number of anilines is 2. The van der Waals surface area contributed by atoms with Crippen LogP contribution >= 0.6 is 0 Å². The summed E-state index contributed by atoms with van der Waals surface area (Å²) in [5.41, 5.74) is 1.48. The molecule has 0 bridgehead atoms. The minimum absolute atomic E-state index is 0.0452. The molecule has 158 valence electrons. The molecule has 12 heteroatoms. The zero-order chi connectivity index (χ0) is 21.8. The van der Waals surface area contributed by atoms with Gasteiger partial charge in [0, 0.05) is 44.4 Å². The van der Waals surface area contributed by atoms with Crippen molar-refractivity contribution in [2.45, 2.75) is 0 Å². The molecule has 1 saturated heterocycles. The van der Waals surface area contributed by atoms with Crippen LogP contribution in [0.2, 0.25) is 0 Å². The van der Waals surface area contributed by atoms with E-state index in [1.165, 1.54) is 22.5 Å². The van der Waals surface area contributed by atoms with Crippen molar-refractivity contribution in [1.29, 1.82) is 0 Å². The van der Waals surface area contributed by atoms with E-state index in [4.69, 9.17) is 10.4 Å². The SMILES string of the molecule is O=C(NO)c1cc([N+](=O)O)ccc1N1CCN(C(=O)Nc2ccc(F)cc2F)CC1. The fourth-order valence-electron chi connectivity index (χ4n) is 3.10. The van der Waals surface area contributed by atoms with Crippen LogP contribution in [0.4, 0.5) is 30.6 Å². The second kappa shape index (κ2) is 8.69. The molecular weight excluding hydrogens is 404 g/mol. The van der Waals surface area contributed by atoms with E-state index in [0.29, 0.717) is 24.8 Å². The summed E-state index contributed by atoms with van der Waals surface area (Å²) in [6.45, 7) is 1.05. The largest absolute Gasteiger partial charge is 0.367 e. The molecule has 0 radical (unpaired) electrons. The Balaban J connectivity index is 1.70. The van der Waals surface area contributed by atoms with Crippen molar-refractivity contribution >= 4 is 29.0 Å². The Bertz CT molecular complexity index is 995. The number of nitrogens with one attached hydrogen (secondary N) is 2. The van der Waals surface area contributed by atoms with Gasteiger partial charge >= 0.3 is 11.7 Å². The van der Waals surface area contributed by atoms with E-state index >= 15 is 0 Å². The Morgan fingerprint density at radius 3 is 2.33 bits per heavy atom. The molecule has 2 aromatic rings. The fraction of sp³-hybridized carbons (Fsp3) is 0.222. The lowest BCUT2D eigenvalue weighted by Gasteiger charge is -2.36. The number of nitrogens with zero attached hydrogens (tertiary/aromatic N) is 3. The van der Waals surface area contributed by atoms with E-state index in [9.17, 15) is 23.3 Å². The van der Waals surface area contributed by atoms with E-state index in [0.717, 1.165) is 18.2 Å². The molecule has 3 amide bonds. The molecule has 30 heavy (non-hydrogen) atoms. The zero-order valence-corrected chi connectivity index (χ0v) is 15.5. The summed E-state index contributed by atoms with van der Waals surface area (Å²) in [5.74, 6) is -2.52. The van der Waals surface area contributed by atoms with Crippen molar-refractivity contribution in [2.24, 2.45) is 0 Å². The third kappa shape index (κ3) is 4.43. The lowest BCUT2D eigenvalue weighted by atomic mass is 10.1. The summed E-state index contributed by atoms with van der Waals surface area (Å²) in [6.07, 6.45) is 0. The van der Waals surface area contributed by atoms with Crippen molar-refractivity contribution in [1.82, 2.24) is 10.4 Å². The van der Waals surface area contributed by atoms with Gasteiger partial charge in [0.25, 0.3) is 10.8 Å². The number of amides is 3. The first-order valence-corrected chi connectivity index (χ1v) is 8.80. The van der Waals surface area contributed by atoms with E-state index in [1.54, 1.807) is 4.90 Å². The maximum absolute atomic E-state index is 13.7. The monoisotopic (exact) mass is 422 g/mol. The number of carbonyl (C=O) groups is 2. The summed E-state index contributed by atoms with van der Waals surface area (Å²) in [5, 5.41) is 20.4. The standard InChI is InChI=1S/C18H17F2N5O5/c19-11-1-3-15(14(20)9-11)21-18(27)24-7-5-23(6-8-24)16-4-2-12(25(29)30)10-13(16)17(26)22-28/h1-4,9-10H,5-8H2,(H3-,21,22,26,27,28,29,30)/p+1. The number of piperazine rings is 1. The molecule has 1 aliphatic rings. The Hall–Kier alpha value is -3.80. The van der Waals surface area contributed by atoms with Crippen LogP contribution in [0.25, 0.3) is 0 Å². The molecule has 10 nitrogen and oxygen atoms in total. The molecule has 0 aliphatic carbocycles. The Morgan fingerprint density at radius 1 is 1.03 bits per heavy atom. The molecule has 0 spiro atoms. The van der Waals surface area contributed by atoms with Gasteiger partial charge in [-0.3, -0.25) is 10.0 Å². The second-order valence-corrected chi connectivity index (χ2v) is 6.44. The number of hydrogen-bond acceptors (Lipinski definition) is 5. The van der Waals surface area contributed by atoms with Crippen LogP contribution in [-0.4, -0.2) is 58.4 Å². The van der Waals surface area contributed by atoms with Crippen molar-refractivity contribution in [3.05, 3.63) is 58.5 Å². The predicted molar refractivity (Wildman–Crippen MR) is 99.9 cm³/mol. The average molecular weight is 422 g/mol. The van der Waals surface area contributed by atoms with Gasteiger partial charge in [-0.2, -0.15) is 0 Å². The Kier molecular flexibility index (Phi) is 6.06. The molecule has 2 aromatic carbocycles. The smallest absolute Gasteiger partial charge is 0.322 e. The predicted octanol–water partition coefficient (Wildman–Crippen LogP) is 2.24. The molecule has 0 atom stereocenters. The first-order valence-electron chi connectivity index (χ1n) is 8.80. The van der Waals surface area contributed by atoms with Crippen LogP contribution in [0, 0.1) is 16.5 Å². The van der Waals surface area contributed by atoms with Gasteiger partial charge in [0.05, 0.1) is 21.8 Å². The highest BCUT2D eigenvalue weighted by molar-refractivity contribution is 6.00. The van der Waals surface area contributed by atoms with Crippen LogP contribution in [-0.2, 0) is 0 Å². The molecule has 1 aliphatic heterocycles. The van der Waals surface area contributed by atoms with E-state index in [1.807, 2.05) is 0 Å². The number of benzene rings is 2. The first-order chi connectivity index (χ1) is 14.3.